The van der Waals surface area contributed by atoms with Gasteiger partial charge in [0.15, 0.2) is 0 Å². The van der Waals surface area contributed by atoms with Gasteiger partial charge in [-0.25, -0.2) is 0 Å². The first-order valence-electron chi connectivity index (χ1n) is 7.15. The van der Waals surface area contributed by atoms with E-state index in [9.17, 15) is 9.59 Å². The lowest BCUT2D eigenvalue weighted by Gasteiger charge is -2.32. The van der Waals surface area contributed by atoms with Crippen molar-refractivity contribution in [1.29, 1.82) is 0 Å². The molecule has 3 N–H and O–H groups in total. The van der Waals surface area contributed by atoms with E-state index >= 15 is 0 Å². The Morgan fingerprint density at radius 1 is 1.38 bits per heavy atom. The highest BCUT2D eigenvalue weighted by molar-refractivity contribution is 6.33. The molecule has 0 aliphatic carbocycles. The predicted octanol–water partition coefficient (Wildman–Crippen LogP) is 2.05. The first-order chi connectivity index (χ1) is 10.0. The predicted molar refractivity (Wildman–Crippen MR) is 83.2 cm³/mol. The van der Waals surface area contributed by atoms with Gasteiger partial charge in [0.05, 0.1) is 16.3 Å². The first kappa shape index (κ1) is 15.6. The minimum Gasteiger partial charge on any atom is -0.397 e. The quantitative estimate of drug-likeness (QED) is 0.839. The highest BCUT2D eigenvalue weighted by atomic mass is 35.5. The van der Waals surface area contributed by atoms with E-state index in [4.69, 9.17) is 17.3 Å². The molecule has 1 aromatic rings. The molecule has 0 aromatic heterocycles. The number of nitrogen functional groups attached to an aromatic ring is 1. The van der Waals surface area contributed by atoms with Gasteiger partial charge in [-0.15, -0.1) is 0 Å². The lowest BCUT2D eigenvalue weighted by atomic mass is 10.0. The molecule has 2 amide bonds. The molecule has 0 spiro atoms. The van der Waals surface area contributed by atoms with Crippen molar-refractivity contribution in [3.05, 3.63) is 28.8 Å². The van der Waals surface area contributed by atoms with Crippen molar-refractivity contribution in [1.82, 2.24) is 10.2 Å². The summed E-state index contributed by atoms with van der Waals surface area (Å²) in [4.78, 5) is 25.6. The molecule has 6 heteroatoms. The molecule has 1 aromatic carbocycles. The number of para-hydroxylation sites is 1. The van der Waals surface area contributed by atoms with Gasteiger partial charge in [0.2, 0.25) is 5.91 Å². The van der Waals surface area contributed by atoms with Crippen LogP contribution in [-0.4, -0.2) is 35.8 Å². The van der Waals surface area contributed by atoms with Gasteiger partial charge in [-0.3, -0.25) is 9.59 Å². The largest absolute Gasteiger partial charge is 0.397 e. The average molecular weight is 310 g/mol. The first-order valence-corrected chi connectivity index (χ1v) is 7.53. The second kappa shape index (κ2) is 6.80. The summed E-state index contributed by atoms with van der Waals surface area (Å²) in [6.45, 7) is 3.05. The molecule has 1 fully saturated rings. The van der Waals surface area contributed by atoms with Crippen LogP contribution in [0.2, 0.25) is 5.02 Å². The number of benzene rings is 1. The normalized spacial score (nSPS) is 15.8. The van der Waals surface area contributed by atoms with Crippen LogP contribution < -0.4 is 11.1 Å². The monoisotopic (exact) mass is 309 g/mol. The van der Waals surface area contributed by atoms with Crippen molar-refractivity contribution in [2.45, 2.75) is 32.2 Å². The van der Waals surface area contributed by atoms with Crippen LogP contribution in [0.1, 0.15) is 36.5 Å². The summed E-state index contributed by atoms with van der Waals surface area (Å²) in [6.07, 6.45) is 2.01. The van der Waals surface area contributed by atoms with Gasteiger partial charge in [0.1, 0.15) is 0 Å². The van der Waals surface area contributed by atoms with Crippen LogP contribution in [0.15, 0.2) is 18.2 Å². The molecular weight excluding hydrogens is 290 g/mol. The summed E-state index contributed by atoms with van der Waals surface area (Å²) in [5.74, 6) is -0.0471. The topological polar surface area (TPSA) is 75.4 Å². The molecule has 0 atom stereocenters. The Morgan fingerprint density at radius 3 is 2.67 bits per heavy atom. The van der Waals surface area contributed by atoms with Crippen molar-refractivity contribution in [2.75, 3.05) is 18.8 Å². The fourth-order valence-corrected chi connectivity index (χ4v) is 2.63. The van der Waals surface area contributed by atoms with Gasteiger partial charge in [-0.05, 0) is 25.0 Å². The number of halogens is 1. The average Bonchev–Trinajstić information content (AvgIpc) is 2.50. The maximum absolute atomic E-state index is 12.5. The van der Waals surface area contributed by atoms with Crippen LogP contribution in [0.3, 0.4) is 0 Å². The molecule has 1 saturated heterocycles. The second-order valence-corrected chi connectivity index (χ2v) is 5.60. The Bertz CT molecular complexity index is 540. The number of nitrogens with zero attached hydrogens (tertiary/aromatic N) is 1. The summed E-state index contributed by atoms with van der Waals surface area (Å²) < 4.78 is 0. The van der Waals surface area contributed by atoms with Crippen LogP contribution in [0.4, 0.5) is 5.69 Å². The number of carbonyl (C=O) groups is 2. The molecular formula is C15H20ClN3O2. The van der Waals surface area contributed by atoms with E-state index in [1.807, 2.05) is 6.92 Å². The molecule has 0 unspecified atom stereocenters. The third kappa shape index (κ3) is 3.67. The number of hydrogen-bond acceptors (Lipinski definition) is 3. The minimum atomic E-state index is -0.102. The molecule has 21 heavy (non-hydrogen) atoms. The van der Waals surface area contributed by atoms with Gasteiger partial charge >= 0.3 is 0 Å². The Hall–Kier alpha value is -1.75. The summed E-state index contributed by atoms with van der Waals surface area (Å²) in [5.41, 5.74) is 6.63. The molecule has 2 rings (SSSR count). The minimum absolute atomic E-state index is 0.0545. The highest BCUT2D eigenvalue weighted by Crippen LogP contribution is 2.24. The third-order valence-corrected chi connectivity index (χ3v) is 4.08. The van der Waals surface area contributed by atoms with Crippen LogP contribution in [0, 0.1) is 0 Å². The number of amides is 2. The zero-order valence-corrected chi connectivity index (χ0v) is 12.8. The standard InChI is InChI=1S/C15H20ClN3O2/c1-2-13(20)18-10-6-8-19(9-7-10)15(21)11-4-3-5-12(16)14(11)17/h3-5,10H,2,6-9,17H2,1H3,(H,18,20). The van der Waals surface area contributed by atoms with Gasteiger partial charge in [0.25, 0.3) is 5.91 Å². The summed E-state index contributed by atoms with van der Waals surface area (Å²) >= 11 is 5.95. The number of carbonyl (C=O) groups excluding carboxylic acids is 2. The highest BCUT2D eigenvalue weighted by Gasteiger charge is 2.25. The van der Waals surface area contributed by atoms with Crippen molar-refractivity contribution < 1.29 is 9.59 Å². The van der Waals surface area contributed by atoms with E-state index in [0.29, 0.717) is 35.8 Å². The number of nitrogens with one attached hydrogen (secondary N) is 1. The number of hydrogen-bond donors (Lipinski definition) is 2. The van der Waals surface area contributed by atoms with E-state index in [1.165, 1.54) is 0 Å². The Labute approximate surface area is 129 Å². The molecule has 1 heterocycles. The van der Waals surface area contributed by atoms with Crippen molar-refractivity contribution >= 4 is 29.1 Å². The summed E-state index contributed by atoms with van der Waals surface area (Å²) in [6, 6.07) is 5.23. The van der Waals surface area contributed by atoms with E-state index < -0.39 is 0 Å². The molecule has 0 radical (unpaired) electrons. The van der Waals surface area contributed by atoms with Gasteiger partial charge in [-0.2, -0.15) is 0 Å². The van der Waals surface area contributed by atoms with Crippen molar-refractivity contribution in [2.24, 2.45) is 0 Å². The Kier molecular flexibility index (Phi) is 5.07. The van der Waals surface area contributed by atoms with E-state index in [0.717, 1.165) is 12.8 Å². The maximum Gasteiger partial charge on any atom is 0.256 e. The van der Waals surface area contributed by atoms with E-state index in [2.05, 4.69) is 5.32 Å². The van der Waals surface area contributed by atoms with Gasteiger partial charge in [-0.1, -0.05) is 24.6 Å². The molecule has 5 nitrogen and oxygen atoms in total. The molecule has 0 bridgehead atoms. The lowest BCUT2D eigenvalue weighted by molar-refractivity contribution is -0.121. The maximum atomic E-state index is 12.5. The van der Waals surface area contributed by atoms with Crippen molar-refractivity contribution in [3.63, 3.8) is 0 Å². The van der Waals surface area contributed by atoms with Crippen molar-refractivity contribution in [3.8, 4) is 0 Å². The summed E-state index contributed by atoms with van der Waals surface area (Å²) in [7, 11) is 0. The zero-order chi connectivity index (χ0) is 15.4. The van der Waals surface area contributed by atoms with E-state index in [1.54, 1.807) is 23.1 Å². The number of rotatable bonds is 3. The SMILES string of the molecule is CCC(=O)NC1CCN(C(=O)c2cccc(Cl)c2N)CC1. The number of likely N-dealkylation sites (tertiary alicyclic amines) is 1. The van der Waals surface area contributed by atoms with Crippen LogP contribution >= 0.6 is 11.6 Å². The number of anilines is 1. The van der Waals surface area contributed by atoms with E-state index in [-0.39, 0.29) is 17.9 Å². The molecule has 1 aliphatic rings. The Balaban J connectivity index is 1.97. The smallest absolute Gasteiger partial charge is 0.256 e. The second-order valence-electron chi connectivity index (χ2n) is 5.19. The Morgan fingerprint density at radius 2 is 2.05 bits per heavy atom. The fourth-order valence-electron chi connectivity index (χ4n) is 2.45. The van der Waals surface area contributed by atoms with Crippen LogP contribution in [0.25, 0.3) is 0 Å². The zero-order valence-electron chi connectivity index (χ0n) is 12.1. The van der Waals surface area contributed by atoms with Gasteiger partial charge < -0.3 is 16.0 Å². The number of piperidine rings is 1. The molecule has 114 valence electrons. The molecule has 1 aliphatic heterocycles. The third-order valence-electron chi connectivity index (χ3n) is 3.75. The van der Waals surface area contributed by atoms with Crippen LogP contribution in [0.5, 0.6) is 0 Å². The molecule has 0 saturated carbocycles. The number of nitrogens with two attached hydrogens (primary N) is 1. The lowest BCUT2D eigenvalue weighted by Crippen LogP contribution is -2.46. The fraction of sp³-hybridized carbons (Fsp3) is 0.467. The van der Waals surface area contributed by atoms with Crippen LogP contribution in [-0.2, 0) is 4.79 Å². The van der Waals surface area contributed by atoms with Gasteiger partial charge in [0, 0.05) is 25.6 Å². The summed E-state index contributed by atoms with van der Waals surface area (Å²) in [5, 5.41) is 3.36.